The van der Waals surface area contributed by atoms with Crippen LogP contribution in [-0.2, 0) is 16.2 Å². The number of nitrogens with zero attached hydrogens (tertiary/aromatic N) is 4. The maximum absolute atomic E-state index is 13.3. The Morgan fingerprint density at radius 2 is 1.76 bits per heavy atom. The van der Waals surface area contributed by atoms with Gasteiger partial charge < -0.3 is 15.1 Å². The number of piperazine rings is 1. The molecule has 2 atom stereocenters. The Bertz CT molecular complexity index is 1240. The largest absolute Gasteiger partial charge is 0.417 e. The first-order valence-electron chi connectivity index (χ1n) is 11.5. The normalized spacial score (nSPS) is 21.4. The molecule has 14 heteroatoms. The molecule has 2 aliphatic rings. The molecule has 8 nitrogen and oxygen atoms in total. The highest BCUT2D eigenvalue weighted by Gasteiger charge is 2.39. The van der Waals surface area contributed by atoms with E-state index in [1.807, 2.05) is 6.07 Å². The summed E-state index contributed by atoms with van der Waals surface area (Å²) in [5, 5.41) is 3.88. The molecule has 0 saturated carbocycles. The fraction of sp³-hybridized carbons (Fsp3) is 0.478. The molecule has 3 heterocycles. The zero-order valence-electron chi connectivity index (χ0n) is 19.9. The highest BCUT2D eigenvalue weighted by atomic mass is 35.5. The predicted octanol–water partition coefficient (Wildman–Crippen LogP) is 4.23. The van der Waals surface area contributed by atoms with Gasteiger partial charge >= 0.3 is 12.2 Å². The molecular formula is C23H26Cl2F3N5O3S. The van der Waals surface area contributed by atoms with Crippen LogP contribution >= 0.6 is 23.2 Å². The van der Waals surface area contributed by atoms with Crippen LogP contribution in [0.25, 0.3) is 0 Å². The average molecular weight is 580 g/mol. The van der Waals surface area contributed by atoms with Crippen molar-refractivity contribution in [3.8, 4) is 0 Å². The number of rotatable bonds is 5. The zero-order chi connectivity index (χ0) is 27.0. The van der Waals surface area contributed by atoms with Crippen molar-refractivity contribution in [1.82, 2.24) is 19.1 Å². The quantitative estimate of drug-likeness (QED) is 0.573. The molecule has 2 amide bonds. The summed E-state index contributed by atoms with van der Waals surface area (Å²) in [6, 6.07) is 7.35. The SMILES string of the molecule is CS(=O)(=O)N1CCN(C(=O)N2C[C@H](CNc3ccc(C(F)(F)F)cn3)[C@@H](c3ccc(Cl)c(Cl)c3)C2)CC1. The van der Waals surface area contributed by atoms with Gasteiger partial charge in [0.15, 0.2) is 0 Å². The van der Waals surface area contributed by atoms with E-state index in [-0.39, 0.29) is 44.0 Å². The molecule has 1 aromatic heterocycles. The Labute approximate surface area is 223 Å². The molecule has 0 aliphatic carbocycles. The molecule has 0 bridgehead atoms. The number of halogens is 5. The molecule has 37 heavy (non-hydrogen) atoms. The standard InChI is InChI=1S/C23H26Cl2F3N5O3S/c1-37(35,36)33-8-6-31(7-9-33)22(34)32-13-16(18(14-32)15-2-4-19(24)20(25)10-15)11-29-21-5-3-17(12-30-21)23(26,27)28/h2-5,10,12,16,18H,6-9,11,13-14H2,1H3,(H,29,30)/t16-,18+/m0/s1. The van der Waals surface area contributed by atoms with Crippen LogP contribution in [0.4, 0.5) is 23.8 Å². The second-order valence-corrected chi connectivity index (χ2v) is 12.0. The third-order valence-corrected chi connectivity index (χ3v) is 8.74. The molecule has 2 saturated heterocycles. The van der Waals surface area contributed by atoms with Gasteiger partial charge in [-0.1, -0.05) is 29.3 Å². The zero-order valence-corrected chi connectivity index (χ0v) is 22.2. The van der Waals surface area contributed by atoms with Crippen LogP contribution in [-0.4, -0.2) is 85.6 Å². The number of aromatic nitrogens is 1. The first kappa shape index (κ1) is 27.7. The molecular weight excluding hydrogens is 554 g/mol. The van der Waals surface area contributed by atoms with Crippen LogP contribution in [0.1, 0.15) is 17.0 Å². The van der Waals surface area contributed by atoms with Gasteiger partial charge in [0.1, 0.15) is 5.82 Å². The number of alkyl halides is 3. The van der Waals surface area contributed by atoms with Gasteiger partial charge in [-0.25, -0.2) is 18.2 Å². The van der Waals surface area contributed by atoms with E-state index in [0.717, 1.165) is 24.1 Å². The van der Waals surface area contributed by atoms with E-state index in [0.29, 0.717) is 35.5 Å². The van der Waals surface area contributed by atoms with Crippen molar-refractivity contribution in [2.24, 2.45) is 5.92 Å². The summed E-state index contributed by atoms with van der Waals surface area (Å²) in [4.78, 5) is 20.5. The number of nitrogens with one attached hydrogen (secondary N) is 1. The van der Waals surface area contributed by atoms with Gasteiger partial charge in [-0.2, -0.15) is 17.5 Å². The van der Waals surface area contributed by atoms with E-state index >= 15 is 0 Å². The molecule has 0 unspecified atom stereocenters. The highest BCUT2D eigenvalue weighted by molar-refractivity contribution is 7.88. The van der Waals surface area contributed by atoms with Crippen molar-refractivity contribution >= 4 is 45.1 Å². The van der Waals surface area contributed by atoms with Crippen molar-refractivity contribution < 1.29 is 26.4 Å². The number of urea groups is 1. The number of benzene rings is 1. The second-order valence-electron chi connectivity index (χ2n) is 9.19. The van der Waals surface area contributed by atoms with Gasteiger partial charge in [-0.3, -0.25) is 0 Å². The number of carbonyl (C=O) groups is 1. The number of hydrogen-bond acceptors (Lipinski definition) is 5. The van der Waals surface area contributed by atoms with Crippen LogP contribution in [0.2, 0.25) is 10.0 Å². The van der Waals surface area contributed by atoms with Crippen LogP contribution < -0.4 is 5.32 Å². The Morgan fingerprint density at radius 3 is 2.32 bits per heavy atom. The fourth-order valence-corrected chi connectivity index (χ4v) is 5.80. The van der Waals surface area contributed by atoms with Crippen LogP contribution in [0.15, 0.2) is 36.5 Å². The molecule has 0 spiro atoms. The van der Waals surface area contributed by atoms with Crippen molar-refractivity contribution in [1.29, 1.82) is 0 Å². The van der Waals surface area contributed by atoms with Crippen LogP contribution in [0, 0.1) is 5.92 Å². The van der Waals surface area contributed by atoms with E-state index in [1.165, 1.54) is 10.4 Å². The summed E-state index contributed by atoms with van der Waals surface area (Å²) in [7, 11) is -3.32. The van der Waals surface area contributed by atoms with E-state index in [1.54, 1.807) is 21.9 Å². The van der Waals surface area contributed by atoms with Crippen LogP contribution in [0.5, 0.6) is 0 Å². The number of pyridine rings is 1. The van der Waals surface area contributed by atoms with E-state index in [9.17, 15) is 26.4 Å². The Kier molecular flexibility index (Phi) is 8.13. The lowest BCUT2D eigenvalue weighted by Gasteiger charge is -2.35. The third kappa shape index (κ3) is 6.60. The minimum atomic E-state index is -4.47. The topological polar surface area (TPSA) is 85.9 Å². The van der Waals surface area contributed by atoms with Gasteiger partial charge in [-0.05, 0) is 29.8 Å². The van der Waals surface area contributed by atoms with Crippen molar-refractivity contribution in [3.05, 3.63) is 57.7 Å². The molecule has 4 rings (SSSR count). The van der Waals surface area contributed by atoms with Gasteiger partial charge in [0, 0.05) is 63.8 Å². The number of carbonyl (C=O) groups excluding carboxylic acids is 1. The van der Waals surface area contributed by atoms with Crippen molar-refractivity contribution in [2.45, 2.75) is 12.1 Å². The van der Waals surface area contributed by atoms with Crippen molar-refractivity contribution in [3.63, 3.8) is 0 Å². The molecule has 1 aromatic carbocycles. The number of amides is 2. The maximum atomic E-state index is 13.3. The number of sulfonamides is 1. The van der Waals surface area contributed by atoms with E-state index < -0.39 is 21.8 Å². The third-order valence-electron chi connectivity index (χ3n) is 6.70. The lowest BCUT2D eigenvalue weighted by molar-refractivity contribution is -0.137. The Hall–Kier alpha value is -2.28. The summed E-state index contributed by atoms with van der Waals surface area (Å²) in [5.74, 6) is 0.0862. The van der Waals surface area contributed by atoms with Crippen LogP contribution in [0.3, 0.4) is 0 Å². The van der Waals surface area contributed by atoms with E-state index in [4.69, 9.17) is 23.2 Å². The smallest absolute Gasteiger partial charge is 0.370 e. The average Bonchev–Trinajstić information content (AvgIpc) is 3.27. The lowest BCUT2D eigenvalue weighted by atomic mass is 9.89. The summed E-state index contributed by atoms with van der Waals surface area (Å²) < 4.78 is 63.5. The summed E-state index contributed by atoms with van der Waals surface area (Å²) >= 11 is 12.3. The van der Waals surface area contributed by atoms with E-state index in [2.05, 4.69) is 10.3 Å². The summed E-state index contributed by atoms with van der Waals surface area (Å²) in [5.41, 5.74) is 0.0547. The lowest BCUT2D eigenvalue weighted by Crippen LogP contribution is -2.53. The summed E-state index contributed by atoms with van der Waals surface area (Å²) in [6.45, 7) is 2.20. The first-order chi connectivity index (χ1) is 17.3. The second kappa shape index (κ2) is 10.8. The number of anilines is 1. The Balaban J connectivity index is 1.47. The maximum Gasteiger partial charge on any atom is 0.417 e. The van der Waals surface area contributed by atoms with Gasteiger partial charge in [0.25, 0.3) is 0 Å². The molecule has 0 radical (unpaired) electrons. The molecule has 2 fully saturated rings. The number of hydrogen-bond donors (Lipinski definition) is 1. The van der Waals surface area contributed by atoms with Crippen molar-refractivity contribution in [2.75, 3.05) is 57.4 Å². The minimum Gasteiger partial charge on any atom is -0.370 e. The predicted molar refractivity (Wildman–Crippen MR) is 135 cm³/mol. The van der Waals surface area contributed by atoms with Gasteiger partial charge in [0.2, 0.25) is 10.0 Å². The fourth-order valence-electron chi connectivity index (χ4n) is 4.67. The Morgan fingerprint density at radius 1 is 1.05 bits per heavy atom. The van der Waals surface area contributed by atoms with Gasteiger partial charge in [0.05, 0.1) is 21.9 Å². The molecule has 1 N–H and O–H groups in total. The highest BCUT2D eigenvalue weighted by Crippen LogP contribution is 2.36. The van der Waals surface area contributed by atoms with Gasteiger partial charge in [-0.15, -0.1) is 0 Å². The summed E-state index contributed by atoms with van der Waals surface area (Å²) in [6.07, 6.45) is -2.54. The molecule has 2 aliphatic heterocycles. The monoisotopic (exact) mass is 579 g/mol. The number of likely N-dealkylation sites (tertiary alicyclic amines) is 1. The first-order valence-corrected chi connectivity index (χ1v) is 14.1. The molecule has 2 aromatic rings. The minimum absolute atomic E-state index is 0.0948. The molecule has 202 valence electrons.